The monoisotopic (exact) mass is 440 g/mol. The van der Waals surface area contributed by atoms with Crippen LogP contribution in [0.25, 0.3) is 5.65 Å². The first-order valence-corrected chi connectivity index (χ1v) is 10.6. The number of fused-ring (bicyclic) bond motifs is 1. The van der Waals surface area contributed by atoms with Gasteiger partial charge in [-0.25, -0.2) is 8.42 Å². The lowest BCUT2D eigenvalue weighted by Gasteiger charge is -2.35. The van der Waals surface area contributed by atoms with Crippen molar-refractivity contribution >= 4 is 21.5 Å². The van der Waals surface area contributed by atoms with Crippen molar-refractivity contribution in [2.45, 2.75) is 24.9 Å². The molecule has 3 aromatic rings. The number of benzene rings is 1. The van der Waals surface area contributed by atoms with Crippen molar-refractivity contribution in [3.63, 3.8) is 0 Å². The third-order valence-electron chi connectivity index (χ3n) is 5.24. The van der Waals surface area contributed by atoms with E-state index in [0.717, 1.165) is 0 Å². The quantitative estimate of drug-likeness (QED) is 0.621. The van der Waals surface area contributed by atoms with E-state index >= 15 is 0 Å². The highest BCUT2D eigenvalue weighted by molar-refractivity contribution is 7.89. The maximum absolute atomic E-state index is 13.3. The fourth-order valence-electron chi connectivity index (χ4n) is 3.47. The van der Waals surface area contributed by atoms with Gasteiger partial charge >= 0.3 is 6.18 Å². The standard InChI is InChI=1S/C18H19F3N6O2S/c1-12-13(2)16(24-27-15(12)22-23-17(27)18(19,20)21)25-8-10-26(11-9-25)30(28,29)14-6-4-3-5-7-14/h3-7H,8-11H2,1-2H3. The minimum Gasteiger partial charge on any atom is -0.352 e. The van der Waals surface area contributed by atoms with Gasteiger partial charge in [0.2, 0.25) is 10.0 Å². The van der Waals surface area contributed by atoms with Crippen LogP contribution in [0, 0.1) is 13.8 Å². The van der Waals surface area contributed by atoms with E-state index < -0.39 is 22.0 Å². The molecule has 160 valence electrons. The van der Waals surface area contributed by atoms with Crippen molar-refractivity contribution < 1.29 is 21.6 Å². The maximum atomic E-state index is 13.3. The second kappa shape index (κ2) is 7.20. The molecule has 0 bridgehead atoms. The second-order valence-electron chi connectivity index (χ2n) is 7.03. The number of anilines is 1. The fourth-order valence-corrected chi connectivity index (χ4v) is 4.92. The van der Waals surface area contributed by atoms with Crippen LogP contribution in [0.3, 0.4) is 0 Å². The minimum absolute atomic E-state index is 0.0499. The van der Waals surface area contributed by atoms with Gasteiger partial charge < -0.3 is 4.90 Å². The highest BCUT2D eigenvalue weighted by atomic mass is 32.2. The minimum atomic E-state index is -4.69. The zero-order valence-electron chi connectivity index (χ0n) is 16.3. The summed E-state index contributed by atoms with van der Waals surface area (Å²) in [6, 6.07) is 8.13. The van der Waals surface area contributed by atoms with E-state index in [2.05, 4.69) is 15.3 Å². The van der Waals surface area contributed by atoms with Crippen molar-refractivity contribution in [2.24, 2.45) is 0 Å². The van der Waals surface area contributed by atoms with Gasteiger partial charge in [0.05, 0.1) is 4.90 Å². The van der Waals surface area contributed by atoms with E-state index in [1.54, 1.807) is 36.9 Å². The lowest BCUT2D eigenvalue weighted by molar-refractivity contribution is -0.146. The van der Waals surface area contributed by atoms with Crippen molar-refractivity contribution in [3.8, 4) is 0 Å². The highest BCUT2D eigenvalue weighted by Gasteiger charge is 2.38. The molecular weight excluding hydrogens is 421 g/mol. The van der Waals surface area contributed by atoms with E-state index in [1.807, 2.05) is 0 Å². The lowest BCUT2D eigenvalue weighted by Crippen LogP contribution is -2.49. The normalized spacial score (nSPS) is 16.4. The van der Waals surface area contributed by atoms with Crippen LogP contribution in [0.1, 0.15) is 17.0 Å². The number of halogens is 3. The molecule has 8 nitrogen and oxygen atoms in total. The average molecular weight is 440 g/mol. The van der Waals surface area contributed by atoms with Crippen LogP contribution >= 0.6 is 0 Å². The van der Waals surface area contributed by atoms with E-state index in [9.17, 15) is 21.6 Å². The van der Waals surface area contributed by atoms with Gasteiger partial charge in [0.25, 0.3) is 5.82 Å². The Morgan fingerprint density at radius 2 is 1.57 bits per heavy atom. The van der Waals surface area contributed by atoms with Crippen LogP contribution in [-0.4, -0.2) is 58.7 Å². The molecule has 0 radical (unpaired) electrons. The Kier molecular flexibility index (Phi) is 4.93. The molecule has 0 saturated carbocycles. The van der Waals surface area contributed by atoms with Crippen molar-refractivity contribution in [1.29, 1.82) is 0 Å². The molecule has 1 aliphatic rings. The predicted octanol–water partition coefficient (Wildman–Crippen LogP) is 2.27. The molecule has 3 heterocycles. The second-order valence-corrected chi connectivity index (χ2v) is 8.97. The summed E-state index contributed by atoms with van der Waals surface area (Å²) in [7, 11) is -3.63. The van der Waals surface area contributed by atoms with Gasteiger partial charge in [0.1, 0.15) is 0 Å². The molecule has 1 aliphatic heterocycles. The van der Waals surface area contributed by atoms with Gasteiger partial charge in [-0.2, -0.15) is 22.0 Å². The van der Waals surface area contributed by atoms with Crippen molar-refractivity contribution in [1.82, 2.24) is 24.1 Å². The Labute approximate surface area is 171 Å². The Hall–Kier alpha value is -2.73. The number of alkyl halides is 3. The molecule has 0 atom stereocenters. The molecule has 12 heteroatoms. The summed E-state index contributed by atoms with van der Waals surface area (Å²) in [5, 5.41) is 11.0. The van der Waals surface area contributed by atoms with Crippen LogP contribution in [-0.2, 0) is 16.2 Å². The summed E-state index contributed by atoms with van der Waals surface area (Å²) in [5.41, 5.74) is 1.28. The van der Waals surface area contributed by atoms with Gasteiger partial charge in [-0.05, 0) is 26.0 Å². The van der Waals surface area contributed by atoms with Crippen molar-refractivity contribution in [2.75, 3.05) is 31.1 Å². The molecule has 0 aliphatic carbocycles. The topological polar surface area (TPSA) is 83.7 Å². The smallest absolute Gasteiger partial charge is 0.352 e. The molecule has 1 aromatic carbocycles. The fraction of sp³-hybridized carbons (Fsp3) is 0.389. The molecule has 0 amide bonds. The van der Waals surface area contributed by atoms with E-state index in [-0.39, 0.29) is 23.6 Å². The van der Waals surface area contributed by atoms with Gasteiger partial charge in [0.15, 0.2) is 11.5 Å². The molecule has 0 spiro atoms. The van der Waals surface area contributed by atoms with Crippen LogP contribution in [0.5, 0.6) is 0 Å². The highest BCUT2D eigenvalue weighted by Crippen LogP contribution is 2.31. The number of piperazine rings is 1. The first kappa shape index (κ1) is 20.5. The largest absolute Gasteiger partial charge is 0.453 e. The molecular formula is C18H19F3N6O2S. The number of rotatable bonds is 3. The van der Waals surface area contributed by atoms with E-state index in [4.69, 9.17) is 0 Å². The average Bonchev–Trinajstić information content (AvgIpc) is 3.16. The van der Waals surface area contributed by atoms with Gasteiger partial charge in [0, 0.05) is 37.3 Å². The van der Waals surface area contributed by atoms with Gasteiger partial charge in [-0.1, -0.05) is 18.2 Å². The van der Waals surface area contributed by atoms with Crippen LogP contribution in [0.4, 0.5) is 19.0 Å². The predicted molar refractivity (Wildman–Crippen MR) is 103 cm³/mol. The van der Waals surface area contributed by atoms with E-state index in [1.165, 1.54) is 16.4 Å². The maximum Gasteiger partial charge on any atom is 0.453 e. The molecule has 2 aromatic heterocycles. The number of aromatic nitrogens is 4. The summed E-state index contributed by atoms with van der Waals surface area (Å²) in [5.74, 6) is -0.825. The third kappa shape index (κ3) is 3.39. The molecule has 0 unspecified atom stereocenters. The molecule has 30 heavy (non-hydrogen) atoms. The summed E-state index contributed by atoms with van der Waals surface area (Å²) >= 11 is 0. The van der Waals surface area contributed by atoms with Crippen molar-refractivity contribution in [3.05, 3.63) is 47.3 Å². The Bertz CT molecular complexity index is 1190. The molecule has 1 saturated heterocycles. The van der Waals surface area contributed by atoms with Crippen LogP contribution in [0.2, 0.25) is 0 Å². The zero-order chi connectivity index (χ0) is 21.7. The molecule has 4 rings (SSSR count). The third-order valence-corrected chi connectivity index (χ3v) is 7.15. The summed E-state index contributed by atoms with van der Waals surface area (Å²) in [6.07, 6.45) is -4.69. The molecule has 0 N–H and O–H groups in total. The number of sulfonamides is 1. The number of hydrogen-bond acceptors (Lipinski definition) is 6. The summed E-state index contributed by atoms with van der Waals surface area (Å²) in [4.78, 5) is 2.00. The Morgan fingerprint density at radius 3 is 2.17 bits per heavy atom. The summed E-state index contributed by atoms with van der Waals surface area (Å²) in [6.45, 7) is 4.42. The Balaban J connectivity index is 1.63. The zero-order valence-corrected chi connectivity index (χ0v) is 17.1. The SMILES string of the molecule is Cc1c(N2CCN(S(=O)(=O)c3ccccc3)CC2)nn2c(C(F)(F)F)nnc2c1C. The summed E-state index contributed by atoms with van der Waals surface area (Å²) < 4.78 is 67.4. The van der Waals surface area contributed by atoms with Crippen LogP contribution in [0.15, 0.2) is 35.2 Å². The van der Waals surface area contributed by atoms with Gasteiger partial charge in [-0.15, -0.1) is 15.3 Å². The molecule has 1 fully saturated rings. The number of nitrogens with zero attached hydrogens (tertiary/aromatic N) is 6. The lowest BCUT2D eigenvalue weighted by atomic mass is 10.1. The number of aryl methyl sites for hydroxylation is 1. The first-order valence-electron chi connectivity index (χ1n) is 9.20. The number of hydrogen-bond donors (Lipinski definition) is 0. The Morgan fingerprint density at radius 1 is 0.933 bits per heavy atom. The first-order chi connectivity index (χ1) is 14.1. The van der Waals surface area contributed by atoms with E-state index in [0.29, 0.717) is 34.5 Å². The van der Waals surface area contributed by atoms with Gasteiger partial charge in [-0.3, -0.25) is 0 Å². The van der Waals surface area contributed by atoms with Crippen LogP contribution < -0.4 is 4.90 Å².